The number of aliphatic hydroxyl groups is 2. The molecular formula is C25H48O5. The lowest BCUT2D eigenvalue weighted by atomic mass is 10.0. The van der Waals surface area contributed by atoms with E-state index in [1.165, 1.54) is 51.4 Å². The normalized spacial score (nSPS) is 13.2. The fourth-order valence-corrected chi connectivity index (χ4v) is 3.62. The molecule has 0 saturated carbocycles. The third-order valence-electron chi connectivity index (χ3n) is 5.66. The van der Waals surface area contributed by atoms with Crippen molar-refractivity contribution < 1.29 is 24.5 Å². The van der Waals surface area contributed by atoms with Crippen molar-refractivity contribution >= 4 is 11.8 Å². The number of Topliss-reactive ketones (excluding diaryl/α,β-unsaturated/α-hetero) is 1. The Morgan fingerprint density at radius 1 is 0.667 bits per heavy atom. The minimum Gasteiger partial charge on any atom is -0.457 e. The summed E-state index contributed by atoms with van der Waals surface area (Å²) in [5, 5.41) is 19.5. The fourth-order valence-electron chi connectivity index (χ4n) is 3.62. The van der Waals surface area contributed by atoms with Gasteiger partial charge in [-0.2, -0.15) is 0 Å². The molecule has 2 unspecified atom stereocenters. The molecule has 0 saturated heterocycles. The Labute approximate surface area is 185 Å². The number of hydrogen-bond acceptors (Lipinski definition) is 5. The Balaban J connectivity index is 3.79. The molecule has 0 heterocycles. The summed E-state index contributed by atoms with van der Waals surface area (Å²) < 4.78 is 5.16. The molecule has 0 aromatic heterocycles. The van der Waals surface area contributed by atoms with Gasteiger partial charge in [-0.25, -0.2) is 0 Å². The number of ketones is 1. The van der Waals surface area contributed by atoms with Gasteiger partial charge in [0.05, 0.1) is 6.61 Å². The lowest BCUT2D eigenvalue weighted by molar-refractivity contribution is -0.161. The summed E-state index contributed by atoms with van der Waals surface area (Å²) in [6.07, 6.45) is 16.3. The van der Waals surface area contributed by atoms with E-state index in [1.54, 1.807) is 0 Å². The van der Waals surface area contributed by atoms with Crippen molar-refractivity contribution in [3.8, 4) is 0 Å². The third kappa shape index (κ3) is 16.8. The second-order valence-corrected chi connectivity index (χ2v) is 8.57. The lowest BCUT2D eigenvalue weighted by Crippen LogP contribution is -2.40. The van der Waals surface area contributed by atoms with Crippen molar-refractivity contribution in [1.29, 1.82) is 0 Å². The Kier molecular flexibility index (Phi) is 20.6. The molecule has 0 aromatic carbocycles. The zero-order chi connectivity index (χ0) is 22.5. The predicted octanol–water partition coefficient (Wildman–Crippen LogP) is 5.88. The van der Waals surface area contributed by atoms with E-state index in [4.69, 9.17) is 4.74 Å². The molecule has 0 aliphatic carbocycles. The molecule has 0 aliphatic heterocycles. The van der Waals surface area contributed by atoms with Crippen LogP contribution in [0, 0.1) is 0 Å². The Hall–Kier alpha value is -0.940. The monoisotopic (exact) mass is 428 g/mol. The molecule has 0 fully saturated rings. The zero-order valence-corrected chi connectivity index (χ0v) is 19.7. The molecule has 0 rings (SSSR count). The summed E-state index contributed by atoms with van der Waals surface area (Å²) in [7, 11) is 0. The predicted molar refractivity (Wildman–Crippen MR) is 122 cm³/mol. The molecule has 30 heavy (non-hydrogen) atoms. The highest BCUT2D eigenvalue weighted by atomic mass is 16.6. The van der Waals surface area contributed by atoms with Crippen molar-refractivity contribution in [1.82, 2.24) is 0 Å². The fraction of sp³-hybridized carbons (Fsp3) is 0.920. The molecule has 0 aliphatic rings. The Morgan fingerprint density at radius 2 is 1.07 bits per heavy atom. The average Bonchev–Trinajstić information content (AvgIpc) is 2.75. The molecule has 5 heteroatoms. The summed E-state index contributed by atoms with van der Waals surface area (Å²) in [4.78, 5) is 24.0. The smallest absolute Gasteiger partial charge is 0.306 e. The van der Waals surface area contributed by atoms with E-state index in [2.05, 4.69) is 13.8 Å². The van der Waals surface area contributed by atoms with E-state index >= 15 is 0 Å². The van der Waals surface area contributed by atoms with Crippen LogP contribution in [0.4, 0.5) is 0 Å². The number of hydrogen-bond donors (Lipinski definition) is 2. The van der Waals surface area contributed by atoms with Gasteiger partial charge in [0, 0.05) is 12.8 Å². The number of unbranched alkanes of at least 4 members (excludes halogenated alkanes) is 14. The molecule has 178 valence electrons. The van der Waals surface area contributed by atoms with Crippen LogP contribution in [0.5, 0.6) is 0 Å². The SMILES string of the molecule is CCCCCCCCCCCCCC(=O)OC(CO)C(O)C(=O)CCCCCCC. The van der Waals surface area contributed by atoms with Crippen LogP contribution in [0.2, 0.25) is 0 Å². The Bertz CT molecular complexity index is 410. The number of ether oxygens (including phenoxy) is 1. The summed E-state index contributed by atoms with van der Waals surface area (Å²) in [5.74, 6) is -0.798. The topological polar surface area (TPSA) is 83.8 Å². The lowest BCUT2D eigenvalue weighted by Gasteiger charge is -2.20. The minimum atomic E-state index is -1.43. The maximum absolute atomic E-state index is 12.1. The first-order valence-electron chi connectivity index (χ1n) is 12.6. The van der Waals surface area contributed by atoms with Gasteiger partial charge in [-0.1, -0.05) is 104 Å². The van der Waals surface area contributed by atoms with Crippen LogP contribution in [0.1, 0.15) is 129 Å². The highest BCUT2D eigenvalue weighted by molar-refractivity contribution is 5.83. The van der Waals surface area contributed by atoms with Gasteiger partial charge in [-0.15, -0.1) is 0 Å². The maximum atomic E-state index is 12.1. The van der Waals surface area contributed by atoms with Crippen molar-refractivity contribution in [3.63, 3.8) is 0 Å². The zero-order valence-electron chi connectivity index (χ0n) is 19.7. The van der Waals surface area contributed by atoms with Crippen LogP contribution < -0.4 is 0 Å². The molecule has 5 nitrogen and oxygen atoms in total. The number of aliphatic hydroxyl groups excluding tert-OH is 2. The Morgan fingerprint density at radius 3 is 1.50 bits per heavy atom. The maximum Gasteiger partial charge on any atom is 0.306 e. The number of rotatable bonds is 22. The highest BCUT2D eigenvalue weighted by Gasteiger charge is 2.28. The van der Waals surface area contributed by atoms with E-state index in [0.29, 0.717) is 0 Å². The first kappa shape index (κ1) is 29.1. The number of carbonyl (C=O) groups excluding carboxylic acids is 2. The van der Waals surface area contributed by atoms with Crippen LogP contribution in [-0.2, 0) is 14.3 Å². The molecule has 0 bridgehead atoms. The van der Waals surface area contributed by atoms with Crippen LogP contribution in [0.3, 0.4) is 0 Å². The van der Waals surface area contributed by atoms with E-state index in [1.807, 2.05) is 0 Å². The van der Waals surface area contributed by atoms with Gasteiger partial charge in [0.1, 0.15) is 0 Å². The standard InChI is InChI=1S/C25H48O5/c1-3-5-7-9-10-11-12-13-14-16-18-20-24(28)30-23(21-26)25(29)22(27)19-17-15-8-6-4-2/h23,25-26,29H,3-21H2,1-2H3. The highest BCUT2D eigenvalue weighted by Crippen LogP contribution is 2.13. The minimum absolute atomic E-state index is 0.261. The van der Waals surface area contributed by atoms with Crippen LogP contribution >= 0.6 is 0 Å². The van der Waals surface area contributed by atoms with E-state index in [0.717, 1.165) is 51.4 Å². The van der Waals surface area contributed by atoms with E-state index in [9.17, 15) is 19.8 Å². The quantitative estimate of drug-likeness (QED) is 0.166. The molecule has 0 radical (unpaired) electrons. The van der Waals surface area contributed by atoms with Crippen molar-refractivity contribution in [2.24, 2.45) is 0 Å². The summed E-state index contributed by atoms with van der Waals surface area (Å²) in [5.41, 5.74) is 0. The van der Waals surface area contributed by atoms with Crippen LogP contribution in [0.15, 0.2) is 0 Å². The molecule has 0 amide bonds. The van der Waals surface area contributed by atoms with Crippen molar-refractivity contribution in [3.05, 3.63) is 0 Å². The number of esters is 1. The van der Waals surface area contributed by atoms with Gasteiger partial charge in [0.15, 0.2) is 18.0 Å². The average molecular weight is 429 g/mol. The molecule has 2 N–H and O–H groups in total. The second kappa shape index (κ2) is 21.3. The van der Waals surface area contributed by atoms with Crippen LogP contribution in [-0.4, -0.2) is 40.8 Å². The molecule has 2 atom stereocenters. The molecule has 0 spiro atoms. The summed E-state index contributed by atoms with van der Waals surface area (Å²) in [6, 6.07) is 0. The van der Waals surface area contributed by atoms with Crippen molar-refractivity contribution in [2.75, 3.05) is 6.61 Å². The van der Waals surface area contributed by atoms with E-state index in [-0.39, 0.29) is 18.6 Å². The molecule has 0 aromatic rings. The van der Waals surface area contributed by atoms with Gasteiger partial charge in [-0.05, 0) is 12.8 Å². The van der Waals surface area contributed by atoms with Gasteiger partial charge < -0.3 is 14.9 Å². The number of carbonyl (C=O) groups is 2. The summed E-state index contributed by atoms with van der Waals surface area (Å²) in [6.45, 7) is 3.83. The van der Waals surface area contributed by atoms with Gasteiger partial charge in [0.2, 0.25) is 0 Å². The van der Waals surface area contributed by atoms with Gasteiger partial charge >= 0.3 is 5.97 Å². The first-order chi connectivity index (χ1) is 14.6. The largest absolute Gasteiger partial charge is 0.457 e. The van der Waals surface area contributed by atoms with E-state index < -0.39 is 24.8 Å². The summed E-state index contributed by atoms with van der Waals surface area (Å²) >= 11 is 0. The van der Waals surface area contributed by atoms with Crippen LogP contribution in [0.25, 0.3) is 0 Å². The first-order valence-corrected chi connectivity index (χ1v) is 12.6. The third-order valence-corrected chi connectivity index (χ3v) is 5.66. The molecular weight excluding hydrogens is 380 g/mol. The van der Waals surface area contributed by atoms with Gasteiger partial charge in [-0.3, -0.25) is 9.59 Å². The second-order valence-electron chi connectivity index (χ2n) is 8.57. The van der Waals surface area contributed by atoms with Crippen molar-refractivity contribution in [2.45, 2.75) is 142 Å². The van der Waals surface area contributed by atoms with Gasteiger partial charge in [0.25, 0.3) is 0 Å².